The van der Waals surface area contributed by atoms with E-state index < -0.39 is 5.91 Å². The van der Waals surface area contributed by atoms with Crippen molar-refractivity contribution in [3.63, 3.8) is 0 Å². The van der Waals surface area contributed by atoms with Crippen LogP contribution >= 0.6 is 35.0 Å². The highest BCUT2D eigenvalue weighted by Crippen LogP contribution is 2.22. The van der Waals surface area contributed by atoms with Gasteiger partial charge in [0.1, 0.15) is 5.56 Å². The highest BCUT2D eigenvalue weighted by molar-refractivity contribution is 8.14. The minimum absolute atomic E-state index is 0.0766. The van der Waals surface area contributed by atoms with Gasteiger partial charge in [-0.2, -0.15) is 0 Å². The summed E-state index contributed by atoms with van der Waals surface area (Å²) in [5.41, 5.74) is 0.525. The molecule has 0 unspecified atom stereocenters. The molecule has 0 spiro atoms. The lowest BCUT2D eigenvalue weighted by Crippen LogP contribution is -2.34. The topological polar surface area (TPSA) is 63.5 Å². The molecule has 1 aliphatic heterocycles. The standard InChI is InChI=1S/C16H13Cl2N3O2S/c17-12-4-3-10(8-13(12)18)9-21-6-1-2-11(15(21)23)14(22)20-16-19-5-7-24-16/h1-4,6,8H,5,7,9H2,(H,19,20,22). The number of nitrogens with one attached hydrogen (secondary N) is 1. The Kier molecular flexibility index (Phi) is 5.28. The summed E-state index contributed by atoms with van der Waals surface area (Å²) in [5.74, 6) is 0.392. The summed E-state index contributed by atoms with van der Waals surface area (Å²) in [4.78, 5) is 29.0. The van der Waals surface area contributed by atoms with Crippen LogP contribution in [0.3, 0.4) is 0 Å². The fourth-order valence-corrected chi connectivity index (χ4v) is 3.29. The lowest BCUT2D eigenvalue weighted by molar-refractivity contribution is 0.0976. The lowest BCUT2D eigenvalue weighted by atomic mass is 10.2. The molecular formula is C16H13Cl2N3O2S. The van der Waals surface area contributed by atoms with Crippen LogP contribution in [0.5, 0.6) is 0 Å². The van der Waals surface area contributed by atoms with E-state index in [1.807, 2.05) is 0 Å². The molecule has 0 radical (unpaired) electrons. The fraction of sp³-hybridized carbons (Fsp3) is 0.188. The number of pyridine rings is 1. The number of halogens is 2. The molecule has 1 aromatic heterocycles. The van der Waals surface area contributed by atoms with Crippen molar-refractivity contribution in [1.29, 1.82) is 0 Å². The van der Waals surface area contributed by atoms with Crippen LogP contribution in [0.15, 0.2) is 46.3 Å². The second kappa shape index (κ2) is 7.42. The molecule has 0 saturated carbocycles. The molecule has 0 bridgehead atoms. The van der Waals surface area contributed by atoms with Crippen molar-refractivity contribution >= 4 is 46.0 Å². The zero-order valence-corrected chi connectivity index (χ0v) is 14.8. The molecule has 24 heavy (non-hydrogen) atoms. The number of nitrogens with zero attached hydrogens (tertiary/aromatic N) is 2. The predicted molar refractivity (Wildman–Crippen MR) is 98.5 cm³/mol. The molecule has 124 valence electrons. The smallest absolute Gasteiger partial charge is 0.263 e. The molecule has 1 amide bonds. The summed E-state index contributed by atoms with van der Waals surface area (Å²) in [6.07, 6.45) is 1.63. The van der Waals surface area contributed by atoms with Crippen molar-refractivity contribution in [3.8, 4) is 0 Å². The van der Waals surface area contributed by atoms with Crippen LogP contribution in [0.25, 0.3) is 0 Å². The fourth-order valence-electron chi connectivity index (χ4n) is 2.24. The van der Waals surface area contributed by atoms with Gasteiger partial charge in [0.15, 0.2) is 5.17 Å². The number of hydrogen-bond donors (Lipinski definition) is 1. The summed E-state index contributed by atoms with van der Waals surface area (Å²) < 4.78 is 1.46. The minimum atomic E-state index is -0.448. The summed E-state index contributed by atoms with van der Waals surface area (Å²) in [7, 11) is 0. The number of carbonyl (C=O) groups excluding carboxylic acids is 1. The number of hydrogen-bond acceptors (Lipinski definition) is 4. The Hall–Kier alpha value is -1.76. The number of aromatic nitrogens is 1. The maximum atomic E-state index is 12.5. The Balaban J connectivity index is 1.83. The highest BCUT2D eigenvalue weighted by atomic mass is 35.5. The molecule has 3 rings (SSSR count). The van der Waals surface area contributed by atoms with Gasteiger partial charge >= 0.3 is 0 Å². The number of amidine groups is 1. The molecular weight excluding hydrogens is 369 g/mol. The monoisotopic (exact) mass is 381 g/mol. The second-order valence-electron chi connectivity index (χ2n) is 5.09. The minimum Gasteiger partial charge on any atom is -0.310 e. The number of thioether (sulfide) groups is 1. The van der Waals surface area contributed by atoms with Gasteiger partial charge in [0.05, 0.1) is 23.1 Å². The average molecular weight is 382 g/mol. The molecule has 1 aliphatic rings. The summed E-state index contributed by atoms with van der Waals surface area (Å²) >= 11 is 13.4. The first-order chi connectivity index (χ1) is 11.5. The summed E-state index contributed by atoms with van der Waals surface area (Å²) in [6.45, 7) is 0.975. The van der Waals surface area contributed by atoms with E-state index in [0.717, 1.165) is 11.3 Å². The third-order valence-electron chi connectivity index (χ3n) is 3.41. The van der Waals surface area contributed by atoms with Crippen LogP contribution < -0.4 is 10.9 Å². The molecule has 5 nitrogen and oxygen atoms in total. The van der Waals surface area contributed by atoms with Gasteiger partial charge in [0.25, 0.3) is 11.5 Å². The van der Waals surface area contributed by atoms with Crippen molar-refractivity contribution in [2.45, 2.75) is 6.54 Å². The zero-order valence-electron chi connectivity index (χ0n) is 12.5. The van der Waals surface area contributed by atoms with Crippen LogP contribution in [-0.4, -0.2) is 27.9 Å². The first-order valence-corrected chi connectivity index (χ1v) is 8.91. The first-order valence-electron chi connectivity index (χ1n) is 7.16. The van der Waals surface area contributed by atoms with Gasteiger partial charge in [0, 0.05) is 11.9 Å². The molecule has 0 saturated heterocycles. The van der Waals surface area contributed by atoms with Crippen molar-refractivity contribution in [1.82, 2.24) is 9.88 Å². The van der Waals surface area contributed by atoms with E-state index in [9.17, 15) is 9.59 Å². The van der Waals surface area contributed by atoms with Crippen molar-refractivity contribution in [2.75, 3.05) is 12.3 Å². The molecule has 2 aromatic rings. The number of aliphatic imine (C=N–C) groups is 1. The Labute approximate surface area is 152 Å². The van der Waals surface area contributed by atoms with Crippen molar-refractivity contribution in [2.24, 2.45) is 4.99 Å². The van der Waals surface area contributed by atoms with Gasteiger partial charge in [0.2, 0.25) is 0 Å². The van der Waals surface area contributed by atoms with Crippen LogP contribution in [0, 0.1) is 0 Å². The molecule has 2 heterocycles. The Morgan fingerprint density at radius 1 is 1.29 bits per heavy atom. The number of rotatable bonds is 3. The number of carbonyl (C=O) groups is 1. The maximum absolute atomic E-state index is 12.5. The van der Waals surface area contributed by atoms with E-state index in [1.54, 1.807) is 30.5 Å². The van der Waals surface area contributed by atoms with Gasteiger partial charge < -0.3 is 9.88 Å². The van der Waals surface area contributed by atoms with E-state index in [4.69, 9.17) is 23.2 Å². The largest absolute Gasteiger partial charge is 0.310 e. The molecule has 1 aromatic carbocycles. The highest BCUT2D eigenvalue weighted by Gasteiger charge is 2.16. The van der Waals surface area contributed by atoms with Gasteiger partial charge in [-0.05, 0) is 29.8 Å². The van der Waals surface area contributed by atoms with E-state index in [-0.39, 0.29) is 11.1 Å². The lowest BCUT2D eigenvalue weighted by Gasteiger charge is -2.09. The predicted octanol–water partition coefficient (Wildman–Crippen LogP) is 3.04. The third-order valence-corrected chi connectivity index (χ3v) is 5.04. The zero-order chi connectivity index (χ0) is 17.1. The van der Waals surface area contributed by atoms with Crippen LogP contribution in [0.1, 0.15) is 15.9 Å². The van der Waals surface area contributed by atoms with Gasteiger partial charge in [-0.1, -0.05) is 41.0 Å². The molecule has 0 fully saturated rings. The molecule has 1 N–H and O–H groups in total. The average Bonchev–Trinajstić information content (AvgIpc) is 3.06. The number of amides is 1. The van der Waals surface area contributed by atoms with Gasteiger partial charge in [-0.3, -0.25) is 14.6 Å². The van der Waals surface area contributed by atoms with Crippen LogP contribution in [0.2, 0.25) is 10.0 Å². The van der Waals surface area contributed by atoms with E-state index in [0.29, 0.717) is 28.3 Å². The molecule has 0 atom stereocenters. The molecule has 0 aliphatic carbocycles. The first kappa shape index (κ1) is 17.1. The van der Waals surface area contributed by atoms with E-state index in [2.05, 4.69) is 10.3 Å². The van der Waals surface area contributed by atoms with E-state index in [1.165, 1.54) is 22.4 Å². The summed E-state index contributed by atoms with van der Waals surface area (Å²) in [5, 5.41) is 4.10. The quantitative estimate of drug-likeness (QED) is 0.888. The SMILES string of the molecule is O=C(NC1=NCCS1)c1cccn(Cc2ccc(Cl)c(Cl)c2)c1=O. The molecule has 8 heteroatoms. The van der Waals surface area contributed by atoms with Gasteiger partial charge in [-0.15, -0.1) is 0 Å². The Morgan fingerprint density at radius 2 is 2.12 bits per heavy atom. The van der Waals surface area contributed by atoms with Crippen LogP contribution in [-0.2, 0) is 6.54 Å². The van der Waals surface area contributed by atoms with Crippen LogP contribution in [0.4, 0.5) is 0 Å². The van der Waals surface area contributed by atoms with E-state index >= 15 is 0 Å². The summed E-state index contributed by atoms with van der Waals surface area (Å²) in [6, 6.07) is 8.33. The number of benzene rings is 1. The Bertz CT molecular complexity index is 880. The Morgan fingerprint density at radius 3 is 2.83 bits per heavy atom. The second-order valence-corrected chi connectivity index (χ2v) is 6.99. The van der Waals surface area contributed by atoms with Gasteiger partial charge in [-0.25, -0.2) is 0 Å². The third kappa shape index (κ3) is 3.83. The normalized spacial score (nSPS) is 13.7. The van der Waals surface area contributed by atoms with Crippen molar-refractivity contribution < 1.29 is 4.79 Å². The van der Waals surface area contributed by atoms with Crippen molar-refractivity contribution in [3.05, 3.63) is 68.1 Å². The maximum Gasteiger partial charge on any atom is 0.263 e.